The summed E-state index contributed by atoms with van der Waals surface area (Å²) in [6, 6.07) is 14.0. The first kappa shape index (κ1) is 20.1. The molecule has 0 spiro atoms. The Balaban J connectivity index is 1.62. The molecule has 0 radical (unpaired) electrons. The fourth-order valence-corrected chi connectivity index (χ4v) is 4.02. The summed E-state index contributed by atoms with van der Waals surface area (Å²) >= 11 is 0. The van der Waals surface area contributed by atoms with Crippen LogP contribution in [0, 0.1) is 5.82 Å². The molecule has 0 heterocycles. The Morgan fingerprint density at radius 3 is 2.21 bits per heavy atom. The lowest BCUT2D eigenvalue weighted by molar-refractivity contribution is -0.120. The lowest BCUT2D eigenvalue weighted by Crippen LogP contribution is -2.42. The third-order valence-electron chi connectivity index (χ3n) is 5.53. The first-order chi connectivity index (χ1) is 13.5. The second-order valence-corrected chi connectivity index (χ2v) is 7.68. The molecule has 2 aromatic carbocycles. The number of halogens is 1. The van der Waals surface area contributed by atoms with Crippen molar-refractivity contribution >= 4 is 17.5 Å². The van der Waals surface area contributed by atoms with Crippen LogP contribution < -0.4 is 10.6 Å². The average molecular weight is 382 g/mol. The van der Waals surface area contributed by atoms with Gasteiger partial charge in [-0.3, -0.25) is 9.59 Å². The van der Waals surface area contributed by atoms with Gasteiger partial charge in [0.2, 0.25) is 11.8 Å². The van der Waals surface area contributed by atoms with Crippen LogP contribution in [0.25, 0.3) is 0 Å². The van der Waals surface area contributed by atoms with Gasteiger partial charge >= 0.3 is 0 Å². The van der Waals surface area contributed by atoms with Crippen LogP contribution in [0.4, 0.5) is 10.1 Å². The quantitative estimate of drug-likeness (QED) is 0.781. The molecule has 1 saturated carbocycles. The summed E-state index contributed by atoms with van der Waals surface area (Å²) < 4.78 is 13.3. The second-order valence-electron chi connectivity index (χ2n) is 7.68. The molecule has 0 unspecified atom stereocenters. The van der Waals surface area contributed by atoms with Crippen LogP contribution in [-0.4, -0.2) is 18.4 Å². The zero-order chi connectivity index (χ0) is 20.0. The second kappa shape index (κ2) is 9.00. The predicted molar refractivity (Wildman–Crippen MR) is 109 cm³/mol. The van der Waals surface area contributed by atoms with Crippen LogP contribution in [-0.2, 0) is 21.4 Å². The average Bonchev–Trinajstić information content (AvgIpc) is 2.69. The summed E-state index contributed by atoms with van der Waals surface area (Å²) in [6.07, 6.45) is 5.75. The summed E-state index contributed by atoms with van der Waals surface area (Å²) in [7, 11) is 0. The van der Waals surface area contributed by atoms with Crippen molar-refractivity contribution in [2.45, 2.75) is 50.9 Å². The van der Waals surface area contributed by atoms with Crippen molar-refractivity contribution in [2.75, 3.05) is 11.9 Å². The van der Waals surface area contributed by atoms with Crippen LogP contribution in [0.1, 0.15) is 50.2 Å². The van der Waals surface area contributed by atoms with Crippen molar-refractivity contribution in [3.63, 3.8) is 0 Å². The fraction of sp³-hybridized carbons (Fsp3) is 0.391. The van der Waals surface area contributed by atoms with Gasteiger partial charge in [-0.05, 0) is 48.2 Å². The van der Waals surface area contributed by atoms with Crippen LogP contribution in [0.5, 0.6) is 0 Å². The number of carbonyl (C=O) groups excluding carboxylic acids is 2. The minimum absolute atomic E-state index is 0.0284. The molecule has 1 aliphatic carbocycles. The fourth-order valence-electron chi connectivity index (χ4n) is 4.02. The Hall–Kier alpha value is -2.69. The van der Waals surface area contributed by atoms with E-state index in [-0.39, 0.29) is 23.0 Å². The Bertz CT molecular complexity index is 810. The van der Waals surface area contributed by atoms with Gasteiger partial charge in [0.25, 0.3) is 0 Å². The SMILES string of the molecule is CC(=O)Nc1ccc(CC(=O)NCC2(c3ccc(F)cc3)CCCCC2)cc1. The van der Waals surface area contributed by atoms with Crippen molar-refractivity contribution in [3.8, 4) is 0 Å². The van der Waals surface area contributed by atoms with Gasteiger partial charge in [-0.2, -0.15) is 0 Å². The van der Waals surface area contributed by atoms with Gasteiger partial charge < -0.3 is 10.6 Å². The number of benzene rings is 2. The van der Waals surface area contributed by atoms with Gasteiger partial charge in [0.1, 0.15) is 5.82 Å². The minimum Gasteiger partial charge on any atom is -0.355 e. The summed E-state index contributed by atoms with van der Waals surface area (Å²) in [5.74, 6) is -0.384. The zero-order valence-corrected chi connectivity index (χ0v) is 16.3. The number of rotatable bonds is 6. The van der Waals surface area contributed by atoms with Gasteiger partial charge in [-0.25, -0.2) is 4.39 Å². The smallest absolute Gasteiger partial charge is 0.224 e. The Morgan fingerprint density at radius 1 is 0.964 bits per heavy atom. The van der Waals surface area contributed by atoms with E-state index in [1.807, 2.05) is 24.3 Å². The monoisotopic (exact) mass is 382 g/mol. The third-order valence-corrected chi connectivity index (χ3v) is 5.53. The molecular formula is C23H27FN2O2. The largest absolute Gasteiger partial charge is 0.355 e. The van der Waals surface area contributed by atoms with E-state index in [0.29, 0.717) is 18.7 Å². The number of hydrogen-bond donors (Lipinski definition) is 2. The minimum atomic E-state index is -0.235. The Kier molecular flexibility index (Phi) is 6.45. The number of nitrogens with one attached hydrogen (secondary N) is 2. The molecule has 2 N–H and O–H groups in total. The molecule has 1 aliphatic rings. The van der Waals surface area contributed by atoms with E-state index in [1.54, 1.807) is 12.1 Å². The first-order valence-corrected chi connectivity index (χ1v) is 9.86. The Morgan fingerprint density at radius 2 is 1.61 bits per heavy atom. The normalized spacial score (nSPS) is 15.6. The van der Waals surface area contributed by atoms with Crippen molar-refractivity contribution in [1.82, 2.24) is 5.32 Å². The van der Waals surface area contributed by atoms with E-state index in [4.69, 9.17) is 0 Å². The molecule has 3 rings (SSSR count). The molecule has 148 valence electrons. The number of amides is 2. The molecule has 1 fully saturated rings. The van der Waals surface area contributed by atoms with E-state index in [1.165, 1.54) is 25.5 Å². The highest BCUT2D eigenvalue weighted by Crippen LogP contribution is 2.39. The molecule has 28 heavy (non-hydrogen) atoms. The molecular weight excluding hydrogens is 355 g/mol. The highest BCUT2D eigenvalue weighted by molar-refractivity contribution is 5.88. The maximum Gasteiger partial charge on any atom is 0.224 e. The van der Waals surface area contributed by atoms with Crippen molar-refractivity contribution < 1.29 is 14.0 Å². The molecule has 5 heteroatoms. The van der Waals surface area contributed by atoms with Crippen LogP contribution in [0.3, 0.4) is 0 Å². The van der Waals surface area contributed by atoms with Gasteiger partial charge in [0.15, 0.2) is 0 Å². The summed E-state index contributed by atoms with van der Waals surface area (Å²) in [5.41, 5.74) is 2.60. The molecule has 0 saturated heterocycles. The third kappa shape index (κ3) is 5.18. The molecule has 0 atom stereocenters. The highest BCUT2D eigenvalue weighted by atomic mass is 19.1. The lowest BCUT2D eigenvalue weighted by Gasteiger charge is -2.38. The zero-order valence-electron chi connectivity index (χ0n) is 16.3. The van der Waals surface area contributed by atoms with Crippen molar-refractivity contribution in [3.05, 3.63) is 65.5 Å². The summed E-state index contributed by atoms with van der Waals surface area (Å²) in [5, 5.41) is 5.81. The maximum atomic E-state index is 13.3. The van der Waals surface area contributed by atoms with Gasteiger partial charge in [0.05, 0.1) is 6.42 Å². The molecule has 0 aliphatic heterocycles. The van der Waals surface area contributed by atoms with Crippen LogP contribution in [0.15, 0.2) is 48.5 Å². The molecule has 0 bridgehead atoms. The van der Waals surface area contributed by atoms with Gasteiger partial charge in [-0.1, -0.05) is 43.5 Å². The lowest BCUT2D eigenvalue weighted by atomic mass is 9.69. The highest BCUT2D eigenvalue weighted by Gasteiger charge is 2.34. The molecule has 2 amide bonds. The summed E-state index contributed by atoms with van der Waals surface area (Å²) in [6.45, 7) is 2.03. The van der Waals surface area contributed by atoms with Gasteiger partial charge in [0, 0.05) is 24.6 Å². The van der Waals surface area contributed by atoms with Crippen molar-refractivity contribution in [1.29, 1.82) is 0 Å². The van der Waals surface area contributed by atoms with E-state index < -0.39 is 0 Å². The van der Waals surface area contributed by atoms with E-state index >= 15 is 0 Å². The number of carbonyl (C=O) groups is 2. The number of anilines is 1. The van der Waals surface area contributed by atoms with Gasteiger partial charge in [-0.15, -0.1) is 0 Å². The number of hydrogen-bond acceptors (Lipinski definition) is 2. The first-order valence-electron chi connectivity index (χ1n) is 9.86. The van der Waals surface area contributed by atoms with Crippen molar-refractivity contribution in [2.24, 2.45) is 0 Å². The molecule has 0 aromatic heterocycles. The maximum absolute atomic E-state index is 13.3. The van der Waals surface area contributed by atoms with E-state index in [2.05, 4.69) is 10.6 Å². The molecule has 4 nitrogen and oxygen atoms in total. The summed E-state index contributed by atoms with van der Waals surface area (Å²) in [4.78, 5) is 23.6. The topological polar surface area (TPSA) is 58.2 Å². The standard InChI is InChI=1S/C23H27FN2O2/c1-17(27)26-21-11-5-18(6-12-21)15-22(28)25-16-23(13-3-2-4-14-23)19-7-9-20(24)10-8-19/h5-12H,2-4,13-16H2,1H3,(H,25,28)(H,26,27). The molecule has 2 aromatic rings. The van der Waals surface area contributed by atoms with Crippen LogP contribution in [0.2, 0.25) is 0 Å². The van der Waals surface area contributed by atoms with E-state index in [9.17, 15) is 14.0 Å². The van der Waals surface area contributed by atoms with E-state index in [0.717, 1.165) is 36.8 Å². The Labute approximate surface area is 165 Å². The predicted octanol–water partition coefficient (Wildman–Crippen LogP) is 4.34. The van der Waals surface area contributed by atoms with Crippen LogP contribution >= 0.6 is 0 Å².